The molecule has 0 saturated carbocycles. The van der Waals surface area contributed by atoms with Crippen LogP contribution in [0, 0.1) is 5.92 Å². The Bertz CT molecular complexity index is 479. The zero-order chi connectivity index (χ0) is 15.4. The standard InChI is InChI=1S/C19H28N2O.ClH/c1-2-17(15-7-4-3-5-8-15)19(22)21-13-10-16(11-14-21)18-9-6-12-20-18;/h3-5,7-8,16-18,20H,2,6,9-14H2,1H3;1H. The van der Waals surface area contributed by atoms with Crippen molar-refractivity contribution in [1.29, 1.82) is 0 Å². The van der Waals surface area contributed by atoms with Gasteiger partial charge in [0.2, 0.25) is 5.91 Å². The van der Waals surface area contributed by atoms with E-state index in [9.17, 15) is 4.79 Å². The van der Waals surface area contributed by atoms with Crippen LogP contribution in [-0.2, 0) is 4.79 Å². The van der Waals surface area contributed by atoms with Gasteiger partial charge in [-0.1, -0.05) is 37.3 Å². The minimum atomic E-state index is 0. The number of hydrogen-bond donors (Lipinski definition) is 1. The van der Waals surface area contributed by atoms with Crippen LogP contribution in [0.25, 0.3) is 0 Å². The fourth-order valence-electron chi connectivity index (χ4n) is 4.09. The highest BCUT2D eigenvalue weighted by Gasteiger charge is 2.32. The van der Waals surface area contributed by atoms with E-state index in [2.05, 4.69) is 29.3 Å². The molecule has 3 rings (SSSR count). The van der Waals surface area contributed by atoms with Crippen LogP contribution >= 0.6 is 12.4 Å². The minimum absolute atomic E-state index is 0. The molecule has 4 heteroatoms. The highest BCUT2D eigenvalue weighted by molar-refractivity contribution is 5.85. The molecule has 2 fully saturated rings. The molecule has 0 aliphatic carbocycles. The third kappa shape index (κ3) is 4.27. The predicted molar refractivity (Wildman–Crippen MR) is 97.1 cm³/mol. The third-order valence-corrected chi connectivity index (χ3v) is 5.43. The molecule has 2 aliphatic rings. The van der Waals surface area contributed by atoms with Crippen LogP contribution < -0.4 is 5.32 Å². The van der Waals surface area contributed by atoms with Crippen molar-refractivity contribution in [1.82, 2.24) is 10.2 Å². The van der Waals surface area contributed by atoms with Crippen molar-refractivity contribution in [2.75, 3.05) is 19.6 Å². The van der Waals surface area contributed by atoms with Gasteiger partial charge < -0.3 is 10.2 Å². The number of benzene rings is 1. The summed E-state index contributed by atoms with van der Waals surface area (Å²) < 4.78 is 0. The molecule has 0 bridgehead atoms. The SMILES string of the molecule is CCC(C(=O)N1CCC(C2CCCN2)CC1)c1ccccc1.Cl. The smallest absolute Gasteiger partial charge is 0.230 e. The van der Waals surface area contributed by atoms with E-state index in [1.807, 2.05) is 18.2 Å². The maximum atomic E-state index is 12.9. The van der Waals surface area contributed by atoms with Crippen molar-refractivity contribution in [2.24, 2.45) is 5.92 Å². The summed E-state index contributed by atoms with van der Waals surface area (Å²) >= 11 is 0. The van der Waals surface area contributed by atoms with Gasteiger partial charge in [-0.3, -0.25) is 4.79 Å². The second kappa shape index (κ2) is 8.70. The predicted octanol–water partition coefficient (Wildman–Crippen LogP) is 3.59. The summed E-state index contributed by atoms with van der Waals surface area (Å²) in [5.41, 5.74) is 1.16. The maximum Gasteiger partial charge on any atom is 0.230 e. The second-order valence-corrected chi connectivity index (χ2v) is 6.74. The van der Waals surface area contributed by atoms with Crippen molar-refractivity contribution in [3.63, 3.8) is 0 Å². The van der Waals surface area contributed by atoms with Gasteiger partial charge in [0.05, 0.1) is 5.92 Å². The van der Waals surface area contributed by atoms with Crippen LogP contribution in [0.3, 0.4) is 0 Å². The molecule has 128 valence electrons. The van der Waals surface area contributed by atoms with E-state index in [0.29, 0.717) is 11.9 Å². The molecule has 2 aliphatic heterocycles. The van der Waals surface area contributed by atoms with Gasteiger partial charge in [0, 0.05) is 19.1 Å². The van der Waals surface area contributed by atoms with Gasteiger partial charge in [-0.25, -0.2) is 0 Å². The van der Waals surface area contributed by atoms with Crippen LogP contribution in [0.15, 0.2) is 30.3 Å². The van der Waals surface area contributed by atoms with Crippen molar-refractivity contribution in [3.8, 4) is 0 Å². The lowest BCUT2D eigenvalue weighted by molar-refractivity contribution is -0.134. The van der Waals surface area contributed by atoms with E-state index in [-0.39, 0.29) is 18.3 Å². The molecule has 0 radical (unpaired) electrons. The Balaban J connectivity index is 0.00000192. The fourth-order valence-corrected chi connectivity index (χ4v) is 4.09. The summed E-state index contributed by atoms with van der Waals surface area (Å²) in [7, 11) is 0. The van der Waals surface area contributed by atoms with Gasteiger partial charge in [-0.2, -0.15) is 0 Å². The minimum Gasteiger partial charge on any atom is -0.342 e. The summed E-state index contributed by atoms with van der Waals surface area (Å²) in [6, 6.07) is 10.9. The number of nitrogens with zero attached hydrogens (tertiary/aromatic N) is 1. The number of amides is 1. The summed E-state index contributed by atoms with van der Waals surface area (Å²) in [4.78, 5) is 15.0. The van der Waals surface area contributed by atoms with E-state index in [4.69, 9.17) is 0 Å². The number of carbonyl (C=O) groups excluding carboxylic acids is 1. The molecule has 2 heterocycles. The zero-order valence-corrected chi connectivity index (χ0v) is 14.9. The van der Waals surface area contributed by atoms with E-state index in [1.54, 1.807) is 0 Å². The van der Waals surface area contributed by atoms with E-state index in [0.717, 1.165) is 43.8 Å². The van der Waals surface area contributed by atoms with E-state index in [1.165, 1.54) is 19.4 Å². The molecule has 1 aromatic carbocycles. The number of rotatable bonds is 4. The Morgan fingerprint density at radius 3 is 2.48 bits per heavy atom. The molecule has 1 aromatic rings. The highest BCUT2D eigenvalue weighted by Crippen LogP contribution is 2.28. The van der Waals surface area contributed by atoms with Crippen LogP contribution in [0.2, 0.25) is 0 Å². The first-order chi connectivity index (χ1) is 10.8. The molecular weight excluding hydrogens is 308 g/mol. The van der Waals surface area contributed by atoms with E-state index >= 15 is 0 Å². The summed E-state index contributed by atoms with van der Waals surface area (Å²) in [6.45, 7) is 5.16. The lowest BCUT2D eigenvalue weighted by Gasteiger charge is -2.36. The number of nitrogens with one attached hydrogen (secondary N) is 1. The quantitative estimate of drug-likeness (QED) is 0.911. The number of piperidine rings is 1. The largest absolute Gasteiger partial charge is 0.342 e. The van der Waals surface area contributed by atoms with Crippen molar-refractivity contribution in [2.45, 2.75) is 51.0 Å². The average Bonchev–Trinajstić information content (AvgIpc) is 3.11. The van der Waals surface area contributed by atoms with E-state index < -0.39 is 0 Å². The summed E-state index contributed by atoms with van der Waals surface area (Å²) in [5, 5.41) is 3.63. The van der Waals surface area contributed by atoms with Gasteiger partial charge in [-0.15, -0.1) is 12.4 Å². The molecule has 1 amide bonds. The Morgan fingerprint density at radius 1 is 1.22 bits per heavy atom. The lowest BCUT2D eigenvalue weighted by atomic mass is 9.87. The number of hydrogen-bond acceptors (Lipinski definition) is 2. The molecule has 2 atom stereocenters. The van der Waals surface area contributed by atoms with Crippen LogP contribution in [-0.4, -0.2) is 36.5 Å². The normalized spacial score (nSPS) is 23.3. The molecule has 0 spiro atoms. The molecule has 3 nitrogen and oxygen atoms in total. The molecule has 2 saturated heterocycles. The maximum absolute atomic E-state index is 12.9. The Kier molecular flexibility index (Phi) is 6.91. The number of halogens is 1. The highest BCUT2D eigenvalue weighted by atomic mass is 35.5. The van der Waals surface area contributed by atoms with Gasteiger partial charge in [0.25, 0.3) is 0 Å². The van der Waals surface area contributed by atoms with Crippen molar-refractivity contribution >= 4 is 18.3 Å². The molecule has 1 N–H and O–H groups in total. The number of likely N-dealkylation sites (tertiary alicyclic amines) is 1. The van der Waals surface area contributed by atoms with Crippen LogP contribution in [0.4, 0.5) is 0 Å². The number of carbonyl (C=O) groups is 1. The first-order valence-electron chi connectivity index (χ1n) is 8.86. The van der Waals surface area contributed by atoms with Gasteiger partial charge >= 0.3 is 0 Å². The Morgan fingerprint density at radius 2 is 1.91 bits per heavy atom. The first-order valence-corrected chi connectivity index (χ1v) is 8.86. The first kappa shape index (κ1) is 18.3. The van der Waals surface area contributed by atoms with Crippen molar-refractivity contribution < 1.29 is 4.79 Å². The summed E-state index contributed by atoms with van der Waals surface area (Å²) in [6.07, 6.45) is 5.84. The molecular formula is C19H29ClN2O. The third-order valence-electron chi connectivity index (χ3n) is 5.43. The molecule has 2 unspecified atom stereocenters. The zero-order valence-electron chi connectivity index (χ0n) is 14.0. The second-order valence-electron chi connectivity index (χ2n) is 6.74. The topological polar surface area (TPSA) is 32.3 Å². The van der Waals surface area contributed by atoms with Crippen LogP contribution in [0.5, 0.6) is 0 Å². The Labute approximate surface area is 146 Å². The molecule has 23 heavy (non-hydrogen) atoms. The van der Waals surface area contributed by atoms with Gasteiger partial charge in [0.1, 0.15) is 0 Å². The average molecular weight is 337 g/mol. The summed E-state index contributed by atoms with van der Waals surface area (Å²) in [5.74, 6) is 1.12. The fraction of sp³-hybridized carbons (Fsp3) is 0.632. The molecule has 0 aromatic heterocycles. The van der Waals surface area contributed by atoms with Gasteiger partial charge in [-0.05, 0) is 50.1 Å². The Hall–Kier alpha value is -1.06. The monoisotopic (exact) mass is 336 g/mol. The van der Waals surface area contributed by atoms with Crippen LogP contribution in [0.1, 0.15) is 50.5 Å². The van der Waals surface area contributed by atoms with Crippen molar-refractivity contribution in [3.05, 3.63) is 35.9 Å². The van der Waals surface area contributed by atoms with Gasteiger partial charge in [0.15, 0.2) is 0 Å². The lowest BCUT2D eigenvalue weighted by Crippen LogP contribution is -2.44.